The molecule has 2 unspecified atom stereocenters. The number of carbonyl (C=O) groups is 1. The first-order valence-electron chi connectivity index (χ1n) is 9.22. The number of hydrogen-bond donors (Lipinski definition) is 4. The van der Waals surface area contributed by atoms with Crippen molar-refractivity contribution in [3.63, 3.8) is 0 Å². The van der Waals surface area contributed by atoms with Gasteiger partial charge in [0.05, 0.1) is 12.1 Å². The van der Waals surface area contributed by atoms with Crippen LogP contribution in [-0.4, -0.2) is 58.1 Å². The summed E-state index contributed by atoms with van der Waals surface area (Å²) >= 11 is 0. The van der Waals surface area contributed by atoms with Crippen molar-refractivity contribution in [3.8, 4) is 0 Å². The lowest BCUT2D eigenvalue weighted by atomic mass is 10.1. The number of pyridine rings is 2. The van der Waals surface area contributed by atoms with E-state index < -0.39 is 17.2 Å². The number of halogens is 1. The van der Waals surface area contributed by atoms with Crippen LogP contribution in [0.4, 0.5) is 10.2 Å². The van der Waals surface area contributed by atoms with Crippen molar-refractivity contribution < 1.29 is 19.4 Å². The average Bonchev–Trinajstić information content (AvgIpc) is 3.42. The number of fused-ring (bicyclic) bond motifs is 1. The molecule has 10 heteroatoms. The third-order valence-corrected chi connectivity index (χ3v) is 5.51. The van der Waals surface area contributed by atoms with E-state index in [0.717, 1.165) is 18.9 Å². The van der Waals surface area contributed by atoms with E-state index in [4.69, 9.17) is 10.8 Å². The Balaban J connectivity index is 1.82. The number of rotatable bonds is 6. The number of nitrogens with zero attached hydrogens (tertiary/aromatic N) is 3. The Morgan fingerprint density at radius 2 is 2.14 bits per heavy atom. The molecule has 28 heavy (non-hydrogen) atoms. The van der Waals surface area contributed by atoms with Gasteiger partial charge in [-0.3, -0.25) is 10.1 Å². The number of aliphatic hydroxyl groups is 1. The molecular formula is C18H22FN5O4. The third-order valence-electron chi connectivity index (χ3n) is 5.51. The molecule has 1 saturated heterocycles. The van der Waals surface area contributed by atoms with E-state index in [2.05, 4.69) is 10.3 Å². The predicted octanol–water partition coefficient (Wildman–Crippen LogP) is -0.128. The summed E-state index contributed by atoms with van der Waals surface area (Å²) in [6.45, 7) is 1.04. The molecule has 9 nitrogen and oxygen atoms in total. The summed E-state index contributed by atoms with van der Waals surface area (Å²) in [6, 6.07) is 1.04. The van der Waals surface area contributed by atoms with E-state index in [-0.39, 0.29) is 47.1 Å². The molecule has 5 N–H and O–H groups in total. The highest BCUT2D eigenvalue weighted by molar-refractivity contribution is 5.92. The highest BCUT2D eigenvalue weighted by Gasteiger charge is 2.34. The number of hydrogen-bond acceptors (Lipinski definition) is 7. The first-order chi connectivity index (χ1) is 13.4. The monoisotopic (exact) mass is 391 g/mol. The number of carboxylic acid groups (broad SMARTS) is 1. The van der Waals surface area contributed by atoms with Gasteiger partial charge in [0.25, 0.3) is 0 Å². The predicted molar refractivity (Wildman–Crippen MR) is 100.0 cm³/mol. The molecule has 4 rings (SSSR count). The molecule has 2 fully saturated rings. The number of aliphatic hydroxyl groups excluding tert-OH is 1. The highest BCUT2D eigenvalue weighted by atomic mass is 19.1. The fourth-order valence-corrected chi connectivity index (χ4v) is 3.87. The smallest absolute Gasteiger partial charge is 0.341 e. The zero-order valence-electron chi connectivity index (χ0n) is 15.1. The minimum Gasteiger partial charge on any atom is -0.477 e. The second kappa shape index (κ2) is 7.12. The summed E-state index contributed by atoms with van der Waals surface area (Å²) < 4.78 is 16.5. The van der Waals surface area contributed by atoms with Crippen LogP contribution in [0.3, 0.4) is 0 Å². The van der Waals surface area contributed by atoms with Gasteiger partial charge in [-0.1, -0.05) is 0 Å². The van der Waals surface area contributed by atoms with Crippen LogP contribution in [0.1, 0.15) is 29.2 Å². The lowest BCUT2D eigenvalue weighted by Gasteiger charge is -2.20. The fourth-order valence-electron chi connectivity index (χ4n) is 3.87. The summed E-state index contributed by atoms with van der Waals surface area (Å²) in [5.41, 5.74) is 4.96. The van der Waals surface area contributed by atoms with E-state index in [9.17, 15) is 19.1 Å². The topological polar surface area (TPSA) is 134 Å². The normalized spacial score (nSPS) is 22.2. The molecule has 0 spiro atoms. The maximum Gasteiger partial charge on any atom is 0.341 e. The lowest BCUT2D eigenvalue weighted by Crippen LogP contribution is -2.39. The summed E-state index contributed by atoms with van der Waals surface area (Å²) in [5, 5.41) is 21.4. The zero-order valence-corrected chi connectivity index (χ0v) is 15.1. The molecule has 1 saturated carbocycles. The second-order valence-corrected chi connectivity index (χ2v) is 7.35. The molecular weight excluding hydrogens is 369 g/mol. The summed E-state index contributed by atoms with van der Waals surface area (Å²) in [7, 11) is 0. The van der Waals surface area contributed by atoms with Crippen molar-refractivity contribution in [1.82, 2.24) is 14.9 Å². The van der Waals surface area contributed by atoms with Crippen molar-refractivity contribution in [2.45, 2.75) is 24.9 Å². The number of anilines is 1. The zero-order chi connectivity index (χ0) is 20.0. The Hall–Kier alpha value is -2.56. The van der Waals surface area contributed by atoms with Crippen molar-refractivity contribution >= 4 is 22.8 Å². The summed E-state index contributed by atoms with van der Waals surface area (Å²) in [5.74, 6) is -1.90. The van der Waals surface area contributed by atoms with Crippen LogP contribution < -0.4 is 21.4 Å². The molecule has 0 radical (unpaired) electrons. The van der Waals surface area contributed by atoms with Crippen LogP contribution in [0, 0.1) is 11.7 Å². The Bertz CT molecular complexity index is 990. The minimum atomic E-state index is -1.34. The van der Waals surface area contributed by atoms with Crippen LogP contribution in [0.2, 0.25) is 0 Å². The van der Waals surface area contributed by atoms with Crippen LogP contribution in [0.25, 0.3) is 11.0 Å². The minimum absolute atomic E-state index is 0.0176. The molecule has 2 aromatic rings. The summed E-state index contributed by atoms with van der Waals surface area (Å²) in [4.78, 5) is 30.1. The van der Waals surface area contributed by atoms with Crippen LogP contribution in [0.15, 0.2) is 17.1 Å². The molecule has 2 aromatic heterocycles. The van der Waals surface area contributed by atoms with Crippen LogP contribution in [0.5, 0.6) is 0 Å². The third kappa shape index (κ3) is 3.13. The van der Waals surface area contributed by atoms with Gasteiger partial charge in [0.15, 0.2) is 11.6 Å². The molecule has 150 valence electrons. The number of nitrogens with two attached hydrogens (primary N) is 1. The van der Waals surface area contributed by atoms with Crippen molar-refractivity contribution in [3.05, 3.63) is 33.9 Å². The van der Waals surface area contributed by atoms with Gasteiger partial charge in [-0.15, -0.1) is 0 Å². The molecule has 2 aliphatic rings. The molecule has 3 heterocycles. The number of carboxylic acids is 1. The standard InChI is InChI=1S/C18H22FN5O4/c19-13-3-11-15(26)12(18(27)28)6-24(10-1-2-10)16(11)22-17(13)23-5-9(4-20)14(7-23)21-8-25/h3,6,9-10,14,21,25H,1-2,4-5,7-8,20H2,(H,27,28). The fraction of sp³-hybridized carbons (Fsp3) is 0.500. The van der Waals surface area contributed by atoms with Crippen molar-refractivity contribution in [1.29, 1.82) is 0 Å². The van der Waals surface area contributed by atoms with Crippen LogP contribution in [-0.2, 0) is 0 Å². The molecule has 0 aromatic carbocycles. The first-order valence-corrected chi connectivity index (χ1v) is 9.22. The molecule has 0 bridgehead atoms. The van der Waals surface area contributed by atoms with Gasteiger partial charge in [0.1, 0.15) is 11.2 Å². The van der Waals surface area contributed by atoms with Crippen molar-refractivity contribution in [2.75, 3.05) is 31.3 Å². The average molecular weight is 391 g/mol. The lowest BCUT2D eigenvalue weighted by molar-refractivity contribution is 0.0695. The second-order valence-electron chi connectivity index (χ2n) is 7.35. The number of aromatic nitrogens is 2. The van der Waals surface area contributed by atoms with Crippen molar-refractivity contribution in [2.24, 2.45) is 11.7 Å². The first kappa shape index (κ1) is 18.8. The molecule has 2 atom stereocenters. The molecule has 1 aliphatic heterocycles. The van der Waals surface area contributed by atoms with Gasteiger partial charge in [-0.25, -0.2) is 14.2 Å². The van der Waals surface area contributed by atoms with E-state index in [1.807, 2.05) is 0 Å². The largest absolute Gasteiger partial charge is 0.477 e. The summed E-state index contributed by atoms with van der Waals surface area (Å²) in [6.07, 6.45) is 3.02. The Labute approximate surface area is 159 Å². The molecule has 1 aliphatic carbocycles. The van der Waals surface area contributed by atoms with Gasteiger partial charge in [-0.2, -0.15) is 0 Å². The maximum absolute atomic E-state index is 14.9. The van der Waals surface area contributed by atoms with Gasteiger partial charge in [0.2, 0.25) is 5.43 Å². The van der Waals surface area contributed by atoms with E-state index in [1.165, 1.54) is 6.20 Å². The van der Waals surface area contributed by atoms with Gasteiger partial charge >= 0.3 is 5.97 Å². The van der Waals surface area contributed by atoms with E-state index in [0.29, 0.717) is 19.6 Å². The van der Waals surface area contributed by atoms with Crippen LogP contribution >= 0.6 is 0 Å². The van der Waals surface area contributed by atoms with Gasteiger partial charge in [-0.05, 0) is 25.5 Å². The Morgan fingerprint density at radius 1 is 1.39 bits per heavy atom. The SMILES string of the molecule is NCC1CN(c2nc3c(cc2F)c(=O)c(C(=O)O)cn3C2CC2)CC1NCO. The van der Waals surface area contributed by atoms with Gasteiger partial charge < -0.3 is 25.4 Å². The Kier molecular flexibility index (Phi) is 4.77. The highest BCUT2D eigenvalue weighted by Crippen LogP contribution is 2.37. The van der Waals surface area contributed by atoms with E-state index in [1.54, 1.807) is 9.47 Å². The quantitative estimate of drug-likeness (QED) is 0.501. The van der Waals surface area contributed by atoms with E-state index >= 15 is 0 Å². The maximum atomic E-state index is 14.9. The molecule has 0 amide bonds. The number of nitrogens with one attached hydrogen (secondary N) is 1. The van der Waals surface area contributed by atoms with Gasteiger partial charge in [0, 0.05) is 37.3 Å². The number of aromatic carboxylic acids is 1. The Morgan fingerprint density at radius 3 is 2.75 bits per heavy atom.